The van der Waals surface area contributed by atoms with Gasteiger partial charge in [-0.25, -0.2) is 13.2 Å². The standard InChI is InChI=1S/C17H16FNO6S2/c18-12-1-3-13(4-2-12)25-14-5-7-15(8-6-14)27(23,24)19(22)9-10-26-11-16(19)17(20)21/h1-8,16H,9-11H2,(H,20,21). The maximum atomic E-state index is 13.0. The van der Waals surface area contributed by atoms with Gasteiger partial charge in [0.05, 0.1) is 5.75 Å². The highest BCUT2D eigenvalue weighted by Crippen LogP contribution is 2.33. The quantitative estimate of drug-likeness (QED) is 0.594. The summed E-state index contributed by atoms with van der Waals surface area (Å²) in [7, 11) is -4.47. The number of carboxylic acid groups (broad SMARTS) is 1. The smallest absolute Gasteiger partial charge is 0.364 e. The molecule has 1 aliphatic rings. The Labute approximate surface area is 159 Å². The molecule has 2 atom stereocenters. The summed E-state index contributed by atoms with van der Waals surface area (Å²) in [6.45, 7) is -0.336. The first-order valence-corrected chi connectivity index (χ1v) is 10.5. The van der Waals surface area contributed by atoms with Crippen molar-refractivity contribution in [3.8, 4) is 11.5 Å². The van der Waals surface area contributed by atoms with Gasteiger partial charge in [0, 0.05) is 5.75 Å². The van der Waals surface area contributed by atoms with Crippen molar-refractivity contribution in [2.75, 3.05) is 18.1 Å². The van der Waals surface area contributed by atoms with Gasteiger partial charge in [-0.1, -0.05) is 0 Å². The molecular weight excluding hydrogens is 397 g/mol. The number of hydroxylamine groups is 2. The molecule has 0 aromatic heterocycles. The first kappa shape index (κ1) is 19.6. The molecule has 7 nitrogen and oxygen atoms in total. The first-order chi connectivity index (χ1) is 12.7. The van der Waals surface area contributed by atoms with Crippen molar-refractivity contribution in [3.05, 3.63) is 59.6 Å². The van der Waals surface area contributed by atoms with Crippen LogP contribution in [0.1, 0.15) is 0 Å². The number of nitrogens with zero attached hydrogens (tertiary/aromatic N) is 1. The van der Waals surface area contributed by atoms with Crippen molar-refractivity contribution >= 4 is 27.8 Å². The lowest BCUT2D eigenvalue weighted by molar-refractivity contribution is -0.768. The molecule has 1 heterocycles. The van der Waals surface area contributed by atoms with E-state index in [-0.39, 0.29) is 22.9 Å². The van der Waals surface area contributed by atoms with Gasteiger partial charge >= 0.3 is 16.0 Å². The second kappa shape index (κ2) is 7.47. The molecule has 3 rings (SSSR count). The molecule has 10 heteroatoms. The molecule has 0 radical (unpaired) electrons. The number of aliphatic carboxylic acids is 1. The van der Waals surface area contributed by atoms with E-state index >= 15 is 0 Å². The minimum absolute atomic E-state index is 0.0657. The molecular formula is C17H16FNO6S2. The summed E-state index contributed by atoms with van der Waals surface area (Å²) >= 11 is 1.24. The molecule has 1 N–H and O–H groups in total. The lowest BCUT2D eigenvalue weighted by atomic mass is 10.3. The van der Waals surface area contributed by atoms with Crippen molar-refractivity contribution < 1.29 is 31.5 Å². The summed E-state index contributed by atoms with van der Waals surface area (Å²) in [4.78, 5) is 11.1. The van der Waals surface area contributed by atoms with Gasteiger partial charge in [-0.2, -0.15) is 8.42 Å². The third-order valence-corrected chi connectivity index (χ3v) is 7.30. The fraction of sp³-hybridized carbons (Fsp3) is 0.235. The van der Waals surface area contributed by atoms with Crippen LogP contribution in [0.2, 0.25) is 0 Å². The molecule has 2 aromatic rings. The fourth-order valence-corrected chi connectivity index (χ4v) is 5.73. The molecule has 1 saturated heterocycles. The maximum absolute atomic E-state index is 13.0. The number of hydrogen-bond acceptors (Lipinski definition) is 6. The van der Waals surface area contributed by atoms with Crippen LogP contribution in [0.3, 0.4) is 0 Å². The summed E-state index contributed by atoms with van der Waals surface area (Å²) in [5.74, 6) is -1.000. The van der Waals surface area contributed by atoms with E-state index in [4.69, 9.17) is 4.74 Å². The molecule has 0 spiro atoms. The summed E-state index contributed by atoms with van der Waals surface area (Å²) < 4.78 is 42.3. The minimum Gasteiger partial charge on any atom is -0.616 e. The van der Waals surface area contributed by atoms with Crippen molar-refractivity contribution in [1.29, 1.82) is 0 Å². The molecule has 2 unspecified atom stereocenters. The van der Waals surface area contributed by atoms with Gasteiger partial charge in [0.25, 0.3) is 0 Å². The fourth-order valence-electron chi connectivity index (χ4n) is 2.68. The third kappa shape index (κ3) is 3.79. The number of quaternary nitrogens is 1. The zero-order valence-electron chi connectivity index (χ0n) is 13.9. The van der Waals surface area contributed by atoms with Gasteiger partial charge in [-0.15, -0.1) is 11.8 Å². The Morgan fingerprint density at radius 1 is 1.15 bits per heavy atom. The molecule has 144 valence electrons. The Morgan fingerprint density at radius 2 is 1.70 bits per heavy atom. The monoisotopic (exact) mass is 413 g/mol. The zero-order valence-corrected chi connectivity index (χ0v) is 15.6. The van der Waals surface area contributed by atoms with Crippen LogP contribution < -0.4 is 4.74 Å². The van der Waals surface area contributed by atoms with Crippen LogP contribution in [0.5, 0.6) is 11.5 Å². The maximum Gasteiger partial charge on any atom is 0.364 e. The predicted molar refractivity (Wildman–Crippen MR) is 97.3 cm³/mol. The summed E-state index contributed by atoms with van der Waals surface area (Å²) in [5, 5.41) is 22.3. The highest BCUT2D eigenvalue weighted by atomic mass is 32.2. The van der Waals surface area contributed by atoms with Crippen molar-refractivity contribution in [2.45, 2.75) is 10.9 Å². The van der Waals surface area contributed by atoms with Gasteiger partial charge in [0.2, 0.25) is 6.04 Å². The van der Waals surface area contributed by atoms with E-state index in [1.807, 2.05) is 0 Å². The van der Waals surface area contributed by atoms with Crippen LogP contribution >= 0.6 is 11.8 Å². The summed E-state index contributed by atoms with van der Waals surface area (Å²) in [6.07, 6.45) is 0. The number of halogens is 1. The van der Waals surface area contributed by atoms with E-state index in [0.717, 1.165) is 0 Å². The lowest BCUT2D eigenvalue weighted by Gasteiger charge is -2.46. The second-order valence-electron chi connectivity index (χ2n) is 5.88. The molecule has 0 aliphatic carbocycles. The zero-order chi connectivity index (χ0) is 19.7. The van der Waals surface area contributed by atoms with Gasteiger partial charge in [0.15, 0.2) is 0 Å². The van der Waals surface area contributed by atoms with Crippen LogP contribution in [0.25, 0.3) is 0 Å². The Bertz CT molecular complexity index is 933. The topological polar surface area (TPSA) is 104 Å². The molecule has 0 bridgehead atoms. The van der Waals surface area contributed by atoms with Crippen LogP contribution in [0, 0.1) is 11.0 Å². The van der Waals surface area contributed by atoms with Crippen LogP contribution in [0.15, 0.2) is 53.4 Å². The Kier molecular flexibility index (Phi) is 5.43. The van der Waals surface area contributed by atoms with Gasteiger partial charge in [-0.05, 0) is 48.5 Å². The number of benzene rings is 2. The average molecular weight is 413 g/mol. The van der Waals surface area contributed by atoms with Crippen molar-refractivity contribution in [2.24, 2.45) is 0 Å². The molecule has 0 amide bonds. The molecule has 1 fully saturated rings. The van der Waals surface area contributed by atoms with E-state index in [9.17, 15) is 27.9 Å². The molecule has 27 heavy (non-hydrogen) atoms. The van der Waals surface area contributed by atoms with Crippen molar-refractivity contribution in [3.63, 3.8) is 0 Å². The minimum atomic E-state index is -4.47. The SMILES string of the molecule is O=C(O)C1CSCC[N+]1([O-])S(=O)(=O)c1ccc(Oc2ccc(F)cc2)cc1. The number of thioether (sulfide) groups is 1. The highest BCUT2D eigenvalue weighted by Gasteiger charge is 2.48. The summed E-state index contributed by atoms with van der Waals surface area (Å²) in [5.41, 5.74) is 0. The molecule has 1 aliphatic heterocycles. The van der Waals surface area contributed by atoms with E-state index in [1.165, 1.54) is 60.3 Å². The molecule has 0 saturated carbocycles. The largest absolute Gasteiger partial charge is 0.616 e. The number of hydrogen-bond donors (Lipinski definition) is 1. The summed E-state index contributed by atoms with van der Waals surface area (Å²) in [6, 6.07) is 8.82. The van der Waals surface area contributed by atoms with Gasteiger partial charge < -0.3 is 15.1 Å². The van der Waals surface area contributed by atoms with E-state index < -0.39 is 31.9 Å². The van der Waals surface area contributed by atoms with E-state index in [2.05, 4.69) is 0 Å². The number of rotatable bonds is 5. The molecule has 2 aromatic carbocycles. The van der Waals surface area contributed by atoms with E-state index in [1.54, 1.807) is 0 Å². The Hall–Kier alpha value is -2.14. The van der Waals surface area contributed by atoms with Gasteiger partial charge in [-0.3, -0.25) is 0 Å². The van der Waals surface area contributed by atoms with Crippen molar-refractivity contribution in [1.82, 2.24) is 0 Å². The number of carboxylic acids is 1. The second-order valence-corrected chi connectivity index (χ2v) is 9.07. The lowest BCUT2D eigenvalue weighted by Crippen LogP contribution is -2.61. The Balaban J connectivity index is 1.86. The highest BCUT2D eigenvalue weighted by molar-refractivity contribution is 7.99. The normalized spacial score (nSPS) is 23.0. The van der Waals surface area contributed by atoms with Crippen LogP contribution in [0.4, 0.5) is 4.39 Å². The predicted octanol–water partition coefficient (Wildman–Crippen LogP) is 2.82. The third-order valence-electron chi connectivity index (χ3n) is 4.16. The van der Waals surface area contributed by atoms with E-state index in [0.29, 0.717) is 11.5 Å². The van der Waals surface area contributed by atoms with Gasteiger partial charge in [0.1, 0.15) is 28.8 Å². The van der Waals surface area contributed by atoms with Crippen LogP contribution in [-0.4, -0.2) is 47.6 Å². The number of sulfonamides is 1. The number of ether oxygens (including phenoxy) is 1. The number of carbonyl (C=O) groups is 1. The average Bonchev–Trinajstić information content (AvgIpc) is 2.64. The first-order valence-electron chi connectivity index (χ1n) is 7.92. The Morgan fingerprint density at radius 3 is 2.26 bits per heavy atom. The van der Waals surface area contributed by atoms with Crippen LogP contribution in [-0.2, 0) is 14.8 Å².